The lowest BCUT2D eigenvalue weighted by molar-refractivity contribution is -0.521. The minimum atomic E-state index is 0. The van der Waals surface area contributed by atoms with E-state index in [1.165, 1.54) is 89.3 Å². The SMILES string of the molecule is CCCCCCCCCCCCCCC=CCC1=[N+](CCO)CCN1CC.[Br-]. The zero-order valence-electron chi connectivity index (χ0n) is 18.8. The number of aliphatic hydroxyl groups is 1. The van der Waals surface area contributed by atoms with Crippen LogP contribution in [-0.4, -0.2) is 53.2 Å². The molecule has 0 saturated heterocycles. The monoisotopic (exact) mass is 458 g/mol. The number of hydrogen-bond donors (Lipinski definition) is 1. The van der Waals surface area contributed by atoms with Crippen molar-refractivity contribution < 1.29 is 26.7 Å². The van der Waals surface area contributed by atoms with Crippen molar-refractivity contribution in [2.45, 2.75) is 104 Å². The maximum atomic E-state index is 9.22. The minimum Gasteiger partial charge on any atom is -1.00 e. The van der Waals surface area contributed by atoms with Gasteiger partial charge in [0.2, 0.25) is 0 Å². The van der Waals surface area contributed by atoms with Crippen molar-refractivity contribution in [1.29, 1.82) is 0 Å². The Balaban J connectivity index is 0.00000729. The highest BCUT2D eigenvalue weighted by atomic mass is 79.9. The molecule has 166 valence electrons. The van der Waals surface area contributed by atoms with E-state index in [2.05, 4.69) is 35.5 Å². The van der Waals surface area contributed by atoms with Gasteiger partial charge in [-0.3, -0.25) is 9.48 Å². The van der Waals surface area contributed by atoms with Crippen molar-refractivity contribution in [1.82, 2.24) is 4.90 Å². The van der Waals surface area contributed by atoms with Gasteiger partial charge < -0.3 is 22.1 Å². The lowest BCUT2D eigenvalue weighted by Crippen LogP contribution is -3.00. The van der Waals surface area contributed by atoms with Gasteiger partial charge in [-0.1, -0.05) is 89.7 Å². The van der Waals surface area contributed by atoms with E-state index in [1.807, 2.05) is 0 Å². The summed E-state index contributed by atoms with van der Waals surface area (Å²) in [5, 5.41) is 9.22. The van der Waals surface area contributed by atoms with Gasteiger partial charge >= 0.3 is 0 Å². The van der Waals surface area contributed by atoms with E-state index in [0.717, 1.165) is 32.6 Å². The number of β-amino-alcohol motifs (C(OH)–C–C–N with tert-alkyl or cyclic N) is 1. The summed E-state index contributed by atoms with van der Waals surface area (Å²) in [6.45, 7) is 8.79. The molecule has 0 aromatic heterocycles. The molecule has 0 amide bonds. The normalized spacial score (nSPS) is 14.3. The summed E-state index contributed by atoms with van der Waals surface area (Å²) in [7, 11) is 0. The molecule has 4 heteroatoms. The molecule has 1 aliphatic rings. The maximum Gasteiger partial charge on any atom is 0.251 e. The largest absolute Gasteiger partial charge is 1.00 e. The van der Waals surface area contributed by atoms with Crippen LogP contribution < -0.4 is 17.0 Å². The standard InChI is InChI=1S/C24H47N2O.BrH/c1-3-5-6-7-8-9-10-11-12-13-14-15-16-17-18-19-24-25(4-2)20-21-26(24)22-23-27;/h17-18,27H,3-16,19-23H2,1-2H3;1H/q+1;/p-1. The van der Waals surface area contributed by atoms with Crippen molar-refractivity contribution in [2.24, 2.45) is 0 Å². The molecule has 1 heterocycles. The Morgan fingerprint density at radius 1 is 0.857 bits per heavy atom. The van der Waals surface area contributed by atoms with Crippen molar-refractivity contribution in [3.63, 3.8) is 0 Å². The van der Waals surface area contributed by atoms with E-state index in [1.54, 1.807) is 0 Å². The quantitative estimate of drug-likeness (QED) is 0.194. The first kappa shape index (κ1) is 27.6. The average molecular weight is 460 g/mol. The first-order valence-corrected chi connectivity index (χ1v) is 11.9. The third-order valence-electron chi connectivity index (χ3n) is 5.81. The molecule has 0 aromatic rings. The topological polar surface area (TPSA) is 26.5 Å². The summed E-state index contributed by atoms with van der Waals surface area (Å²) in [5.41, 5.74) is 0. The Morgan fingerprint density at radius 3 is 1.96 bits per heavy atom. The highest BCUT2D eigenvalue weighted by Gasteiger charge is 2.27. The molecular formula is C24H47BrN2O. The lowest BCUT2D eigenvalue weighted by Gasteiger charge is -2.09. The van der Waals surface area contributed by atoms with Crippen LogP contribution in [0.15, 0.2) is 12.2 Å². The third kappa shape index (κ3) is 13.0. The van der Waals surface area contributed by atoms with Crippen LogP contribution in [0.2, 0.25) is 0 Å². The molecule has 28 heavy (non-hydrogen) atoms. The smallest absolute Gasteiger partial charge is 0.251 e. The van der Waals surface area contributed by atoms with E-state index in [9.17, 15) is 5.11 Å². The van der Waals surface area contributed by atoms with E-state index < -0.39 is 0 Å². The summed E-state index contributed by atoms with van der Waals surface area (Å²) in [6.07, 6.45) is 24.0. The highest BCUT2D eigenvalue weighted by molar-refractivity contribution is 5.79. The Hall–Kier alpha value is -0.350. The van der Waals surface area contributed by atoms with Crippen LogP contribution in [0.1, 0.15) is 104 Å². The van der Waals surface area contributed by atoms with Crippen molar-refractivity contribution in [2.75, 3.05) is 32.8 Å². The number of rotatable bonds is 18. The van der Waals surface area contributed by atoms with E-state index >= 15 is 0 Å². The van der Waals surface area contributed by atoms with Crippen LogP contribution in [0, 0.1) is 0 Å². The van der Waals surface area contributed by atoms with Gasteiger partial charge in [0.25, 0.3) is 5.84 Å². The zero-order valence-corrected chi connectivity index (χ0v) is 20.4. The average Bonchev–Trinajstić information content (AvgIpc) is 3.07. The molecule has 0 spiro atoms. The first-order valence-electron chi connectivity index (χ1n) is 11.9. The number of likely N-dealkylation sites (N-methyl/N-ethyl adjacent to an activating group) is 1. The second-order valence-electron chi connectivity index (χ2n) is 8.06. The second-order valence-corrected chi connectivity index (χ2v) is 8.06. The summed E-state index contributed by atoms with van der Waals surface area (Å²) in [5.74, 6) is 1.40. The molecular weight excluding hydrogens is 412 g/mol. The number of nitrogens with zero attached hydrogens (tertiary/aromatic N) is 2. The van der Waals surface area contributed by atoms with Crippen molar-refractivity contribution in [3.05, 3.63) is 12.2 Å². The van der Waals surface area contributed by atoms with Crippen molar-refractivity contribution >= 4 is 5.84 Å². The summed E-state index contributed by atoms with van der Waals surface area (Å²) >= 11 is 0. The summed E-state index contributed by atoms with van der Waals surface area (Å²) < 4.78 is 2.34. The molecule has 3 nitrogen and oxygen atoms in total. The minimum absolute atomic E-state index is 0. The predicted octanol–water partition coefficient (Wildman–Crippen LogP) is 2.77. The zero-order chi connectivity index (χ0) is 19.6. The van der Waals surface area contributed by atoms with E-state index in [0.29, 0.717) is 0 Å². The Morgan fingerprint density at radius 2 is 1.43 bits per heavy atom. The molecule has 0 unspecified atom stereocenters. The van der Waals surface area contributed by atoms with Crippen LogP contribution in [0.5, 0.6) is 0 Å². The summed E-state index contributed by atoms with van der Waals surface area (Å²) in [4.78, 5) is 2.45. The first-order chi connectivity index (χ1) is 13.3. The van der Waals surface area contributed by atoms with Crippen LogP contribution in [-0.2, 0) is 0 Å². The van der Waals surface area contributed by atoms with Gasteiger partial charge in [-0.25, -0.2) is 0 Å². The fourth-order valence-electron chi connectivity index (χ4n) is 4.07. The number of hydrogen-bond acceptors (Lipinski definition) is 2. The number of allylic oxidation sites excluding steroid dienone is 1. The third-order valence-corrected chi connectivity index (χ3v) is 5.81. The molecule has 0 fully saturated rings. The summed E-state index contributed by atoms with van der Waals surface area (Å²) in [6, 6.07) is 0. The van der Waals surface area contributed by atoms with Gasteiger partial charge in [0.15, 0.2) is 0 Å². The van der Waals surface area contributed by atoms with E-state index in [4.69, 9.17) is 0 Å². The Bertz CT molecular complexity index is 409. The van der Waals surface area contributed by atoms with Crippen LogP contribution >= 0.6 is 0 Å². The molecule has 0 bridgehead atoms. The van der Waals surface area contributed by atoms with Gasteiger partial charge in [-0.15, -0.1) is 0 Å². The molecule has 1 N–H and O–H groups in total. The molecule has 0 atom stereocenters. The van der Waals surface area contributed by atoms with Crippen LogP contribution in [0.3, 0.4) is 0 Å². The molecule has 0 aromatic carbocycles. The molecule has 1 aliphatic heterocycles. The van der Waals surface area contributed by atoms with Crippen LogP contribution in [0.25, 0.3) is 0 Å². The van der Waals surface area contributed by atoms with Gasteiger partial charge in [0.1, 0.15) is 19.6 Å². The number of halogens is 1. The molecule has 1 rings (SSSR count). The number of amidine groups is 1. The lowest BCUT2D eigenvalue weighted by atomic mass is 10.0. The molecule has 0 radical (unpaired) electrons. The van der Waals surface area contributed by atoms with Gasteiger partial charge in [-0.05, 0) is 19.8 Å². The number of unbranched alkanes of at least 4 members (excludes halogenated alkanes) is 12. The van der Waals surface area contributed by atoms with E-state index in [-0.39, 0.29) is 23.6 Å². The van der Waals surface area contributed by atoms with Gasteiger partial charge in [-0.2, -0.15) is 0 Å². The molecule has 0 saturated carbocycles. The van der Waals surface area contributed by atoms with Gasteiger partial charge in [0, 0.05) is 0 Å². The predicted molar refractivity (Wildman–Crippen MR) is 119 cm³/mol. The fraction of sp³-hybridized carbons (Fsp3) is 0.875. The Labute approximate surface area is 186 Å². The fourth-order valence-corrected chi connectivity index (χ4v) is 4.07. The molecule has 0 aliphatic carbocycles. The van der Waals surface area contributed by atoms with Gasteiger partial charge in [0.05, 0.1) is 19.6 Å². The maximum absolute atomic E-state index is 9.22. The Kier molecular flexibility index (Phi) is 19.7. The number of aliphatic hydroxyl groups excluding tert-OH is 1. The van der Waals surface area contributed by atoms with Crippen molar-refractivity contribution in [3.8, 4) is 0 Å². The van der Waals surface area contributed by atoms with Crippen LogP contribution in [0.4, 0.5) is 0 Å². The second kappa shape index (κ2) is 19.9. The highest BCUT2D eigenvalue weighted by Crippen LogP contribution is 2.13.